The van der Waals surface area contributed by atoms with Crippen molar-refractivity contribution in [2.24, 2.45) is 16.6 Å². The molecule has 24 heavy (non-hydrogen) atoms. The van der Waals surface area contributed by atoms with Gasteiger partial charge in [-0.05, 0) is 31.5 Å². The lowest BCUT2D eigenvalue weighted by Crippen LogP contribution is -2.26. The lowest BCUT2D eigenvalue weighted by Gasteiger charge is -2.25. The summed E-state index contributed by atoms with van der Waals surface area (Å²) >= 11 is 0. The summed E-state index contributed by atoms with van der Waals surface area (Å²) in [6.45, 7) is 2.24. The van der Waals surface area contributed by atoms with E-state index in [2.05, 4.69) is 10.3 Å². The second-order valence-corrected chi connectivity index (χ2v) is 6.38. The van der Waals surface area contributed by atoms with Gasteiger partial charge in [0.25, 0.3) is 5.92 Å². The van der Waals surface area contributed by atoms with Crippen LogP contribution in [0.15, 0.2) is 23.2 Å². The summed E-state index contributed by atoms with van der Waals surface area (Å²) in [6.07, 6.45) is -0.0501. The molecule has 0 radical (unpaired) electrons. The van der Waals surface area contributed by atoms with Crippen molar-refractivity contribution >= 4 is 17.4 Å². The van der Waals surface area contributed by atoms with Gasteiger partial charge >= 0.3 is 0 Å². The van der Waals surface area contributed by atoms with Gasteiger partial charge in [-0.25, -0.2) is 13.2 Å². The average Bonchev–Trinajstić information content (AvgIpc) is 3.18. The van der Waals surface area contributed by atoms with Crippen LogP contribution in [-0.2, 0) is 15.1 Å². The smallest absolute Gasteiger partial charge is 0.260 e. The average molecular weight is 341 g/mol. The van der Waals surface area contributed by atoms with Crippen molar-refractivity contribution in [3.63, 3.8) is 0 Å². The molecule has 2 atom stereocenters. The lowest BCUT2D eigenvalue weighted by molar-refractivity contribution is -0.119. The van der Waals surface area contributed by atoms with Crippen LogP contribution in [0.1, 0.15) is 25.3 Å². The largest absolute Gasteiger partial charge is 0.386 e. The molecule has 1 amide bonds. The van der Waals surface area contributed by atoms with Crippen molar-refractivity contribution in [1.82, 2.24) is 0 Å². The van der Waals surface area contributed by atoms with Gasteiger partial charge in [-0.15, -0.1) is 0 Å². The van der Waals surface area contributed by atoms with Gasteiger partial charge in [-0.2, -0.15) is 0 Å². The number of nitrogens with one attached hydrogen (secondary N) is 1. The zero-order chi connectivity index (χ0) is 17.5. The Hall–Kier alpha value is -2.09. The van der Waals surface area contributed by atoms with Crippen LogP contribution in [0, 0.1) is 11.7 Å². The number of amides is 1. The Bertz CT molecular complexity index is 708. The van der Waals surface area contributed by atoms with Crippen LogP contribution in [0.3, 0.4) is 0 Å². The van der Waals surface area contributed by atoms with Crippen LogP contribution in [0.2, 0.25) is 0 Å². The van der Waals surface area contributed by atoms with Crippen molar-refractivity contribution in [1.29, 1.82) is 0 Å². The zero-order valence-electron chi connectivity index (χ0n) is 13.1. The molecule has 3 N–H and O–H groups in total. The number of halogens is 3. The molecule has 2 unspecified atom stereocenters. The molecule has 3 rings (SSSR count). The molecule has 0 spiro atoms. The van der Waals surface area contributed by atoms with Crippen LogP contribution >= 0.6 is 0 Å². The number of nitrogens with zero attached hydrogens (tertiary/aromatic N) is 1. The molecular weight excluding hydrogens is 323 g/mol. The van der Waals surface area contributed by atoms with Gasteiger partial charge in [0.2, 0.25) is 5.91 Å². The van der Waals surface area contributed by atoms with Gasteiger partial charge in [-0.1, -0.05) is 0 Å². The molecule has 1 saturated carbocycles. The number of rotatable bonds is 3. The van der Waals surface area contributed by atoms with Crippen molar-refractivity contribution < 1.29 is 22.7 Å². The third kappa shape index (κ3) is 3.24. The number of anilines is 1. The fourth-order valence-corrected chi connectivity index (χ4v) is 2.79. The zero-order valence-corrected chi connectivity index (χ0v) is 13.1. The Kier molecular flexibility index (Phi) is 4.03. The fraction of sp³-hybridized carbons (Fsp3) is 0.500. The number of aliphatic imine (C=N–C) groups is 1. The number of alkyl halides is 2. The van der Waals surface area contributed by atoms with E-state index in [0.717, 1.165) is 0 Å². The van der Waals surface area contributed by atoms with Gasteiger partial charge in [0.05, 0.1) is 5.54 Å². The predicted molar refractivity (Wildman–Crippen MR) is 82.5 cm³/mol. The highest BCUT2D eigenvalue weighted by molar-refractivity contribution is 5.95. The number of benzene rings is 1. The highest BCUT2D eigenvalue weighted by atomic mass is 19.3. The molecule has 2 aliphatic rings. The molecule has 0 saturated heterocycles. The molecule has 1 heterocycles. The van der Waals surface area contributed by atoms with Crippen LogP contribution < -0.4 is 11.1 Å². The predicted octanol–water partition coefficient (Wildman–Crippen LogP) is 2.41. The van der Waals surface area contributed by atoms with Crippen LogP contribution in [-0.4, -0.2) is 30.9 Å². The topological polar surface area (TPSA) is 76.7 Å². The summed E-state index contributed by atoms with van der Waals surface area (Å²) in [4.78, 5) is 16.1. The van der Waals surface area contributed by atoms with Gasteiger partial charge in [-0.3, -0.25) is 9.79 Å². The second-order valence-electron chi connectivity index (χ2n) is 6.38. The maximum atomic E-state index is 14.3. The van der Waals surface area contributed by atoms with Crippen molar-refractivity contribution in [2.75, 3.05) is 18.5 Å². The third-order valence-corrected chi connectivity index (χ3v) is 4.33. The van der Waals surface area contributed by atoms with Gasteiger partial charge < -0.3 is 15.8 Å². The van der Waals surface area contributed by atoms with Gasteiger partial charge in [0.1, 0.15) is 24.2 Å². The molecule has 5 nitrogen and oxygen atoms in total. The first-order valence-corrected chi connectivity index (χ1v) is 7.62. The van der Waals surface area contributed by atoms with E-state index in [4.69, 9.17) is 10.5 Å². The van der Waals surface area contributed by atoms with Gasteiger partial charge in [0.15, 0.2) is 0 Å². The number of ether oxygens (including phenoxy) is 1. The Labute approximate surface area is 137 Å². The lowest BCUT2D eigenvalue weighted by atomic mass is 9.88. The minimum atomic E-state index is -2.95. The first-order chi connectivity index (χ1) is 11.2. The maximum absolute atomic E-state index is 14.3. The second kappa shape index (κ2) is 5.77. The minimum absolute atomic E-state index is 0.171. The molecule has 8 heteroatoms. The molecule has 1 aromatic carbocycles. The first kappa shape index (κ1) is 16.8. The normalized spacial score (nSPS) is 28.7. The summed E-state index contributed by atoms with van der Waals surface area (Å²) in [6, 6.07) is 3.93. The molecular formula is C16H18F3N3O2. The molecule has 1 aliphatic carbocycles. The molecule has 1 aliphatic heterocycles. The highest BCUT2D eigenvalue weighted by Crippen LogP contribution is 2.49. The summed E-state index contributed by atoms with van der Waals surface area (Å²) in [5.41, 5.74) is 5.28. The van der Waals surface area contributed by atoms with Gasteiger partial charge in [0, 0.05) is 24.3 Å². The molecule has 1 fully saturated rings. The summed E-state index contributed by atoms with van der Waals surface area (Å²) in [7, 11) is 0. The van der Waals surface area contributed by atoms with E-state index in [9.17, 15) is 18.0 Å². The maximum Gasteiger partial charge on any atom is 0.260 e. The highest BCUT2D eigenvalue weighted by Gasteiger charge is 2.61. The van der Waals surface area contributed by atoms with Crippen LogP contribution in [0.25, 0.3) is 0 Å². The minimum Gasteiger partial charge on any atom is -0.386 e. The van der Waals surface area contributed by atoms with Crippen LogP contribution in [0.4, 0.5) is 18.9 Å². The Morgan fingerprint density at radius 1 is 1.46 bits per heavy atom. The monoisotopic (exact) mass is 341 g/mol. The van der Waals surface area contributed by atoms with E-state index in [1.54, 1.807) is 6.92 Å². The summed E-state index contributed by atoms with van der Waals surface area (Å²) < 4.78 is 45.5. The number of carbonyl (C=O) groups is 1. The van der Waals surface area contributed by atoms with E-state index < -0.39 is 35.5 Å². The SMILES string of the molecule is CC1(c2cc(NC(=O)C3CC3(F)F)ccc2F)CCOCC(N)=N1. The molecule has 1 aromatic rings. The fourth-order valence-electron chi connectivity index (χ4n) is 2.79. The standard InChI is InChI=1S/C16H18F3N3O2/c1-15(4-5-24-8-13(20)22-15)10-6-9(2-3-12(10)17)21-14(23)11-7-16(11,18)19/h2-3,6,11H,4-5,7-8H2,1H3,(H2,20,22)(H,21,23). The van der Waals surface area contributed by atoms with Crippen molar-refractivity contribution in [2.45, 2.75) is 31.2 Å². The van der Waals surface area contributed by atoms with Crippen molar-refractivity contribution in [3.8, 4) is 0 Å². The van der Waals surface area contributed by atoms with E-state index in [1.807, 2.05) is 0 Å². The quantitative estimate of drug-likeness (QED) is 0.886. The third-order valence-electron chi connectivity index (χ3n) is 4.33. The Morgan fingerprint density at radius 3 is 2.83 bits per heavy atom. The number of hydrogen-bond donors (Lipinski definition) is 2. The van der Waals surface area contributed by atoms with E-state index in [1.165, 1.54) is 18.2 Å². The molecule has 0 bridgehead atoms. The molecule has 0 aromatic heterocycles. The number of nitrogens with two attached hydrogens (primary N) is 1. The summed E-state index contributed by atoms with van der Waals surface area (Å²) in [5.74, 6) is -5.29. The Balaban J connectivity index is 1.86. The van der Waals surface area contributed by atoms with E-state index >= 15 is 0 Å². The van der Waals surface area contributed by atoms with E-state index in [-0.39, 0.29) is 23.7 Å². The summed E-state index contributed by atoms with van der Waals surface area (Å²) in [5, 5.41) is 2.41. The molecule has 130 valence electrons. The first-order valence-electron chi connectivity index (χ1n) is 7.62. The number of amidine groups is 1. The number of carbonyl (C=O) groups excluding carboxylic acids is 1. The van der Waals surface area contributed by atoms with Crippen LogP contribution in [0.5, 0.6) is 0 Å². The Morgan fingerprint density at radius 2 is 2.17 bits per heavy atom. The van der Waals surface area contributed by atoms with Crippen molar-refractivity contribution in [3.05, 3.63) is 29.6 Å². The number of hydrogen-bond acceptors (Lipinski definition) is 4. The van der Waals surface area contributed by atoms with E-state index in [0.29, 0.717) is 13.0 Å².